The lowest BCUT2D eigenvalue weighted by atomic mass is 10.1. The van der Waals surface area contributed by atoms with E-state index in [1.54, 1.807) is 0 Å². The van der Waals surface area contributed by atoms with Crippen molar-refractivity contribution in [1.29, 1.82) is 0 Å². The second-order valence-corrected chi connectivity index (χ2v) is 19.9. The van der Waals surface area contributed by atoms with Crippen molar-refractivity contribution in [2.75, 3.05) is 19.8 Å². The lowest BCUT2D eigenvalue weighted by Crippen LogP contribution is -2.30. The predicted octanol–water partition coefficient (Wildman–Crippen LogP) is 20.8. The fourth-order valence-electron chi connectivity index (χ4n) is 8.42. The molecule has 0 aliphatic heterocycles. The average molecular weight is 976 g/mol. The van der Waals surface area contributed by atoms with Gasteiger partial charge in [0.1, 0.15) is 6.61 Å². The molecule has 0 aliphatic rings. The summed E-state index contributed by atoms with van der Waals surface area (Å²) in [4.78, 5) is 25.5. The Hall–Kier alpha value is -2.92. The van der Waals surface area contributed by atoms with Crippen molar-refractivity contribution in [3.05, 3.63) is 85.1 Å². The molecule has 1 unspecified atom stereocenters. The van der Waals surface area contributed by atoms with Crippen molar-refractivity contribution < 1.29 is 23.8 Å². The molecule has 0 aliphatic carbocycles. The molecule has 0 aromatic carbocycles. The molecule has 0 saturated heterocycles. The number of hydrogen-bond donors (Lipinski definition) is 0. The molecule has 0 spiro atoms. The zero-order valence-electron chi connectivity index (χ0n) is 46.5. The van der Waals surface area contributed by atoms with Crippen LogP contribution in [0.3, 0.4) is 0 Å². The Bertz CT molecular complexity index is 1290. The molecule has 5 nitrogen and oxygen atoms in total. The summed E-state index contributed by atoms with van der Waals surface area (Å²) in [7, 11) is 0. The number of carbonyl (C=O) groups is 2. The quantitative estimate of drug-likeness (QED) is 0.0345. The number of rotatable bonds is 55. The van der Waals surface area contributed by atoms with Gasteiger partial charge in [0, 0.05) is 19.4 Å². The van der Waals surface area contributed by atoms with Gasteiger partial charge in [-0.2, -0.15) is 0 Å². The summed E-state index contributed by atoms with van der Waals surface area (Å²) < 4.78 is 17.5. The van der Waals surface area contributed by atoms with Gasteiger partial charge in [-0.3, -0.25) is 9.59 Å². The first-order chi connectivity index (χ1) is 34.6. The lowest BCUT2D eigenvalue weighted by Gasteiger charge is -2.18. The fraction of sp³-hybridized carbons (Fsp3) is 0.754. The van der Waals surface area contributed by atoms with Gasteiger partial charge >= 0.3 is 11.9 Å². The van der Waals surface area contributed by atoms with Crippen molar-refractivity contribution >= 4 is 11.9 Å². The fourth-order valence-corrected chi connectivity index (χ4v) is 8.42. The van der Waals surface area contributed by atoms with Crippen LogP contribution in [0.15, 0.2) is 85.1 Å². The van der Waals surface area contributed by atoms with E-state index in [4.69, 9.17) is 14.2 Å². The first-order valence-electron chi connectivity index (χ1n) is 30.1. The molecule has 0 radical (unpaired) electrons. The van der Waals surface area contributed by atoms with E-state index in [2.05, 4.69) is 106 Å². The minimum atomic E-state index is -0.566. The van der Waals surface area contributed by atoms with E-state index in [-0.39, 0.29) is 25.2 Å². The smallest absolute Gasteiger partial charge is 0.306 e. The molecule has 70 heavy (non-hydrogen) atoms. The minimum absolute atomic E-state index is 0.0520. The summed E-state index contributed by atoms with van der Waals surface area (Å²) in [5.74, 6) is -0.463. The van der Waals surface area contributed by atoms with Crippen molar-refractivity contribution in [2.24, 2.45) is 0 Å². The van der Waals surface area contributed by atoms with E-state index in [1.807, 2.05) is 0 Å². The Morgan fingerprint density at radius 1 is 0.329 bits per heavy atom. The highest BCUT2D eigenvalue weighted by atomic mass is 16.6. The normalized spacial score (nSPS) is 12.8. The molecule has 5 heteroatoms. The summed E-state index contributed by atoms with van der Waals surface area (Å²) in [6.45, 7) is 7.67. The number of carbonyl (C=O) groups excluding carboxylic acids is 2. The first-order valence-corrected chi connectivity index (χ1v) is 30.1. The Kier molecular flexibility index (Phi) is 57.9. The van der Waals surface area contributed by atoms with Gasteiger partial charge in [-0.15, -0.1) is 0 Å². The van der Waals surface area contributed by atoms with Crippen LogP contribution in [0, 0.1) is 0 Å². The van der Waals surface area contributed by atoms with Gasteiger partial charge in [0.2, 0.25) is 0 Å². The highest BCUT2D eigenvalue weighted by Crippen LogP contribution is 2.15. The molecule has 0 aromatic rings. The molecule has 0 N–H and O–H groups in total. The molecule has 1 atom stereocenters. The number of unbranched alkanes of at least 4 members (excludes halogenated alkanes) is 30. The zero-order valence-corrected chi connectivity index (χ0v) is 46.5. The number of ether oxygens (including phenoxy) is 3. The number of hydrogen-bond acceptors (Lipinski definition) is 5. The van der Waals surface area contributed by atoms with Gasteiger partial charge in [0.15, 0.2) is 6.10 Å². The van der Waals surface area contributed by atoms with E-state index in [0.717, 1.165) is 77.0 Å². The standard InChI is InChI=1S/C65H114O5/c1-4-7-10-13-16-19-22-25-28-31-32-33-36-39-42-45-48-51-54-57-60-68-61-63(70-65(67)59-56-53-50-47-44-41-38-35-30-27-24-21-18-15-12-9-6-3)62-69-64(66)58-55-52-49-46-43-40-37-34-29-26-23-20-17-14-11-8-5-2/h8,11,17,20,25-30,37,40,46,49,63H,4-7,9-10,12-16,18-19,21-24,31-36,38-39,41-45,47-48,50-62H2,1-3H3/b11-8-,20-17-,28-25-,29-26-,30-27-,40-37-,49-46-. The minimum Gasteiger partial charge on any atom is -0.462 e. The van der Waals surface area contributed by atoms with Crippen LogP contribution in [0.4, 0.5) is 0 Å². The Balaban J connectivity index is 4.35. The third-order valence-corrected chi connectivity index (χ3v) is 12.9. The van der Waals surface area contributed by atoms with Crippen molar-refractivity contribution in [3.63, 3.8) is 0 Å². The van der Waals surface area contributed by atoms with Crippen LogP contribution in [0.5, 0.6) is 0 Å². The number of allylic oxidation sites excluding steroid dienone is 14. The summed E-state index contributed by atoms with van der Waals surface area (Å²) in [6, 6.07) is 0. The van der Waals surface area contributed by atoms with E-state index in [9.17, 15) is 9.59 Å². The van der Waals surface area contributed by atoms with Gasteiger partial charge in [-0.05, 0) is 109 Å². The van der Waals surface area contributed by atoms with Gasteiger partial charge < -0.3 is 14.2 Å². The topological polar surface area (TPSA) is 61.8 Å². The second kappa shape index (κ2) is 60.4. The van der Waals surface area contributed by atoms with Crippen LogP contribution < -0.4 is 0 Å². The van der Waals surface area contributed by atoms with Crippen LogP contribution in [-0.2, 0) is 23.8 Å². The molecular formula is C65H114O5. The third-order valence-electron chi connectivity index (χ3n) is 12.9. The Morgan fingerprint density at radius 2 is 0.657 bits per heavy atom. The van der Waals surface area contributed by atoms with Crippen molar-refractivity contribution in [3.8, 4) is 0 Å². The molecular weight excluding hydrogens is 861 g/mol. The van der Waals surface area contributed by atoms with E-state index < -0.39 is 6.10 Å². The Labute approximate surface area is 435 Å². The predicted molar refractivity (Wildman–Crippen MR) is 307 cm³/mol. The molecule has 0 bridgehead atoms. The maximum Gasteiger partial charge on any atom is 0.306 e. The molecule has 0 saturated carbocycles. The third kappa shape index (κ3) is 57.7. The van der Waals surface area contributed by atoms with Gasteiger partial charge in [0.25, 0.3) is 0 Å². The highest BCUT2D eigenvalue weighted by molar-refractivity contribution is 5.70. The largest absolute Gasteiger partial charge is 0.462 e. The van der Waals surface area contributed by atoms with Gasteiger partial charge in [-0.1, -0.05) is 254 Å². The molecule has 404 valence electrons. The summed E-state index contributed by atoms with van der Waals surface area (Å²) in [5.41, 5.74) is 0. The highest BCUT2D eigenvalue weighted by Gasteiger charge is 2.17. The van der Waals surface area contributed by atoms with Crippen molar-refractivity contribution in [1.82, 2.24) is 0 Å². The molecule has 0 fully saturated rings. The van der Waals surface area contributed by atoms with Gasteiger partial charge in [-0.25, -0.2) is 0 Å². The summed E-state index contributed by atoms with van der Waals surface area (Å²) in [5, 5.41) is 0. The molecule has 0 rings (SSSR count). The SMILES string of the molecule is CC/C=C\C/C=C\C/C=C\C/C=C\C/C=C\CCCC(=O)OCC(COCCCCCCCCCCCC/C=C\CCCCCCCC)OC(=O)CCCCCCCCC/C=C\CCCCCCCC. The number of esters is 2. The Morgan fingerprint density at radius 3 is 1.09 bits per heavy atom. The molecule has 0 aromatic heterocycles. The van der Waals surface area contributed by atoms with Gasteiger partial charge in [0.05, 0.1) is 6.61 Å². The average Bonchev–Trinajstić information content (AvgIpc) is 3.36. The van der Waals surface area contributed by atoms with Crippen LogP contribution >= 0.6 is 0 Å². The van der Waals surface area contributed by atoms with E-state index >= 15 is 0 Å². The van der Waals surface area contributed by atoms with Crippen LogP contribution in [0.25, 0.3) is 0 Å². The maximum atomic E-state index is 12.9. The van der Waals surface area contributed by atoms with Crippen LogP contribution in [0.2, 0.25) is 0 Å². The monoisotopic (exact) mass is 975 g/mol. The van der Waals surface area contributed by atoms with Crippen molar-refractivity contribution in [2.45, 2.75) is 297 Å². The second-order valence-electron chi connectivity index (χ2n) is 19.9. The summed E-state index contributed by atoms with van der Waals surface area (Å²) >= 11 is 0. The lowest BCUT2D eigenvalue weighted by molar-refractivity contribution is -0.163. The zero-order chi connectivity index (χ0) is 50.6. The molecule has 0 heterocycles. The van der Waals surface area contributed by atoms with Crippen LogP contribution in [-0.4, -0.2) is 37.9 Å². The maximum absolute atomic E-state index is 12.9. The van der Waals surface area contributed by atoms with Crippen LogP contribution in [0.1, 0.15) is 290 Å². The summed E-state index contributed by atoms with van der Waals surface area (Å²) in [6.07, 6.45) is 80.5. The first kappa shape index (κ1) is 67.1. The van der Waals surface area contributed by atoms with E-state index in [1.165, 1.54) is 180 Å². The van der Waals surface area contributed by atoms with E-state index in [0.29, 0.717) is 19.4 Å². The molecule has 0 amide bonds.